The zero-order chi connectivity index (χ0) is 51.3. The van der Waals surface area contributed by atoms with E-state index in [4.69, 9.17) is 37.9 Å². The molecule has 7 aromatic carbocycles. The average molecular weight is 1030 g/mol. The number of rotatable bonds is 22. The maximum atomic E-state index is 14.8. The number of thioether (sulfide) groups is 1. The number of carbonyl (C=O) groups excluding carboxylic acids is 2. The summed E-state index contributed by atoms with van der Waals surface area (Å²) in [6, 6.07) is 62.5. The van der Waals surface area contributed by atoms with Crippen molar-refractivity contribution in [3.05, 3.63) is 245 Å². The molecule has 10 atom stereocenters. The minimum Gasteiger partial charge on any atom is -0.385 e. The zero-order valence-corrected chi connectivity index (χ0v) is 42.5. The number of fused-ring (bicyclic) bond motifs is 1. The van der Waals surface area contributed by atoms with Crippen LogP contribution in [0.5, 0.6) is 0 Å². The van der Waals surface area contributed by atoms with Crippen molar-refractivity contribution >= 4 is 23.6 Å². The monoisotopic (exact) mass is 1030 g/mol. The molecule has 0 saturated carbocycles. The molecule has 0 radical (unpaired) electrons. The van der Waals surface area contributed by atoms with E-state index in [1.807, 2.05) is 183 Å². The summed E-state index contributed by atoms with van der Waals surface area (Å²) in [4.78, 5) is 31.7. The summed E-state index contributed by atoms with van der Waals surface area (Å²) in [7, 11) is 0. The van der Waals surface area contributed by atoms with Crippen LogP contribution in [0.25, 0.3) is 0 Å². The molecule has 1 N–H and O–H groups in total. The maximum absolute atomic E-state index is 14.8. The van der Waals surface area contributed by atoms with Gasteiger partial charge in [-0.05, 0) is 59.0 Å². The third-order valence-corrected chi connectivity index (χ3v) is 14.7. The number of imide groups is 1. The quantitative estimate of drug-likeness (QED) is 0.0649. The molecular weight excluding hydrogens is 967 g/mol. The highest BCUT2D eigenvalue weighted by atomic mass is 32.2. The van der Waals surface area contributed by atoms with Crippen LogP contribution in [-0.2, 0) is 70.9 Å². The lowest BCUT2D eigenvalue weighted by molar-refractivity contribution is -0.348. The average Bonchev–Trinajstić information content (AvgIpc) is 3.73. The third-order valence-electron chi connectivity index (χ3n) is 13.6. The lowest BCUT2D eigenvalue weighted by Gasteiger charge is -2.51. The Morgan fingerprint density at radius 1 is 0.467 bits per heavy atom. The van der Waals surface area contributed by atoms with Crippen LogP contribution in [0.3, 0.4) is 0 Å². The Hall–Kier alpha value is -6.33. The van der Waals surface area contributed by atoms with Gasteiger partial charge in [0.1, 0.15) is 54.2 Å². The number of aryl methyl sites for hydroxylation is 1. The van der Waals surface area contributed by atoms with Crippen molar-refractivity contribution in [1.29, 1.82) is 0 Å². The van der Waals surface area contributed by atoms with Crippen LogP contribution in [0.1, 0.15) is 54.1 Å². The second kappa shape index (κ2) is 25.5. The van der Waals surface area contributed by atoms with Gasteiger partial charge in [-0.15, -0.1) is 0 Å². The normalized spacial score (nSPS) is 24.5. The van der Waals surface area contributed by atoms with Crippen molar-refractivity contribution < 1.29 is 52.6 Å². The van der Waals surface area contributed by atoms with Crippen LogP contribution < -0.4 is 0 Å². The summed E-state index contributed by atoms with van der Waals surface area (Å²) in [5.41, 5.74) is 5.30. The smallest absolute Gasteiger partial charge is 0.262 e. The van der Waals surface area contributed by atoms with Gasteiger partial charge in [-0.2, -0.15) is 0 Å². The summed E-state index contributed by atoms with van der Waals surface area (Å²) in [5.74, 6) is -0.969. The molecule has 7 aromatic rings. The van der Waals surface area contributed by atoms with Crippen LogP contribution in [0, 0.1) is 6.92 Å². The number of ether oxygens (including phenoxy) is 8. The van der Waals surface area contributed by atoms with Gasteiger partial charge < -0.3 is 43.0 Å². The molecule has 2 saturated heterocycles. The van der Waals surface area contributed by atoms with Crippen molar-refractivity contribution in [3.8, 4) is 0 Å². The number of hydrogen-bond acceptors (Lipinski definition) is 12. The van der Waals surface area contributed by atoms with Crippen LogP contribution in [0.15, 0.2) is 205 Å². The first-order valence-corrected chi connectivity index (χ1v) is 26.3. The summed E-state index contributed by atoms with van der Waals surface area (Å²) in [6.07, 6.45) is -8.73. The second-order valence-electron chi connectivity index (χ2n) is 18.9. The molecule has 75 heavy (non-hydrogen) atoms. The van der Waals surface area contributed by atoms with E-state index in [1.54, 1.807) is 24.3 Å². The van der Waals surface area contributed by atoms with Crippen molar-refractivity contribution in [2.45, 2.75) is 105 Å². The first kappa shape index (κ1) is 52.1. The lowest BCUT2D eigenvalue weighted by atomic mass is 9.94. The Balaban J connectivity index is 1.05. The number of aliphatic hydroxyl groups excluding tert-OH is 1. The highest BCUT2D eigenvalue weighted by Gasteiger charge is 2.57. The minimum absolute atomic E-state index is 0.00622. The SMILES string of the molecule is Cc1ccc(S[C@@H]2O[C@H](COCc3ccccc3)[C@@H](O[C@@H]3O[C@H](COCc4ccccc4)[C@H](OCc4ccccc4)[C@H](OCc4ccccc4)[C@H]3O)[C@H](OCc3ccccc3)[C@H]2N2C(=O)c3ccccc3C2=O)cc1. The zero-order valence-electron chi connectivity index (χ0n) is 41.7. The van der Waals surface area contributed by atoms with E-state index in [-0.39, 0.29) is 57.4 Å². The van der Waals surface area contributed by atoms with E-state index in [2.05, 4.69) is 0 Å². The van der Waals surface area contributed by atoms with Crippen molar-refractivity contribution in [3.63, 3.8) is 0 Å². The van der Waals surface area contributed by atoms with E-state index < -0.39 is 72.3 Å². The highest BCUT2D eigenvalue weighted by Crippen LogP contribution is 2.43. The Kier molecular flexibility index (Phi) is 17.7. The molecule has 10 rings (SSSR count). The minimum atomic E-state index is -1.46. The fourth-order valence-corrected chi connectivity index (χ4v) is 10.9. The molecule has 3 aliphatic heterocycles. The number of carbonyl (C=O) groups is 2. The molecule has 0 bridgehead atoms. The molecule has 2 fully saturated rings. The topological polar surface area (TPSA) is 131 Å². The predicted molar refractivity (Wildman–Crippen MR) is 283 cm³/mol. The molecule has 3 heterocycles. The predicted octanol–water partition coefficient (Wildman–Crippen LogP) is 10.1. The van der Waals surface area contributed by atoms with Gasteiger partial charge in [-0.25, -0.2) is 0 Å². The summed E-state index contributed by atoms with van der Waals surface area (Å²) in [6.45, 7) is 2.99. The largest absolute Gasteiger partial charge is 0.385 e. The van der Waals surface area contributed by atoms with Crippen LogP contribution in [0.4, 0.5) is 0 Å². The van der Waals surface area contributed by atoms with E-state index in [0.29, 0.717) is 0 Å². The summed E-state index contributed by atoms with van der Waals surface area (Å²) >= 11 is 1.38. The molecule has 386 valence electrons. The second-order valence-corrected chi connectivity index (χ2v) is 20.1. The summed E-state index contributed by atoms with van der Waals surface area (Å²) < 4.78 is 54.9. The van der Waals surface area contributed by atoms with Crippen molar-refractivity contribution in [2.75, 3.05) is 13.2 Å². The number of amides is 2. The Morgan fingerprint density at radius 2 is 0.867 bits per heavy atom. The molecule has 3 aliphatic rings. The van der Waals surface area contributed by atoms with Crippen LogP contribution >= 0.6 is 11.8 Å². The molecular formula is C62H61NO11S. The Morgan fingerprint density at radius 3 is 1.33 bits per heavy atom. The van der Waals surface area contributed by atoms with E-state index >= 15 is 0 Å². The molecule has 2 amide bonds. The van der Waals surface area contributed by atoms with E-state index in [9.17, 15) is 14.7 Å². The number of hydrogen-bond donors (Lipinski definition) is 1. The standard InChI is InChI=1S/C62H61NO11S/c1-42-31-33-48(34-32-42)75-62-53(63-59(65)49-29-17-18-30-50(49)60(63)66)57(70-38-46-25-13-5-14-26-46)56(52(73-62)41-68-36-44-21-9-3-10-22-44)74-61-54(64)58(71-39-47-27-15-6-16-28-47)55(69-37-45-23-11-4-12-24-45)51(72-61)40-67-35-43-19-7-2-8-20-43/h2-34,51-58,61-62,64H,35-41H2,1H3/t51-,52-,53-,54-,55+,56-,57-,58-,61+,62+/m1/s1. The Labute approximate surface area is 442 Å². The molecule has 0 unspecified atom stereocenters. The molecule has 0 aliphatic carbocycles. The van der Waals surface area contributed by atoms with Crippen molar-refractivity contribution in [1.82, 2.24) is 4.90 Å². The molecule has 0 aromatic heterocycles. The van der Waals surface area contributed by atoms with Gasteiger partial charge in [0.05, 0.1) is 57.4 Å². The fraction of sp³-hybridized carbons (Fsp3) is 0.290. The molecule has 13 heteroatoms. The van der Waals surface area contributed by atoms with Gasteiger partial charge >= 0.3 is 0 Å². The number of benzene rings is 7. The highest BCUT2D eigenvalue weighted by molar-refractivity contribution is 7.99. The molecule has 0 spiro atoms. The van der Waals surface area contributed by atoms with E-state index in [1.165, 1.54) is 16.7 Å². The van der Waals surface area contributed by atoms with Crippen molar-refractivity contribution in [2.24, 2.45) is 0 Å². The van der Waals surface area contributed by atoms with Gasteiger partial charge in [-0.3, -0.25) is 14.5 Å². The van der Waals surface area contributed by atoms with Gasteiger partial charge in [0.25, 0.3) is 11.8 Å². The van der Waals surface area contributed by atoms with E-state index in [0.717, 1.165) is 38.3 Å². The first-order valence-electron chi connectivity index (χ1n) is 25.4. The first-order chi connectivity index (χ1) is 36.9. The summed E-state index contributed by atoms with van der Waals surface area (Å²) in [5, 5.41) is 12.8. The van der Waals surface area contributed by atoms with Crippen LogP contribution in [-0.4, -0.2) is 95.5 Å². The fourth-order valence-electron chi connectivity index (χ4n) is 9.70. The van der Waals surface area contributed by atoms with Gasteiger partial charge in [-0.1, -0.05) is 193 Å². The van der Waals surface area contributed by atoms with Gasteiger partial charge in [0.2, 0.25) is 0 Å². The Bertz CT molecular complexity index is 2850. The van der Waals surface area contributed by atoms with Gasteiger partial charge in [0, 0.05) is 4.90 Å². The lowest BCUT2D eigenvalue weighted by Crippen LogP contribution is -2.68. The van der Waals surface area contributed by atoms with Crippen LogP contribution in [0.2, 0.25) is 0 Å². The number of nitrogens with zero attached hydrogens (tertiary/aromatic N) is 1. The maximum Gasteiger partial charge on any atom is 0.262 e. The van der Waals surface area contributed by atoms with Gasteiger partial charge in [0.15, 0.2) is 6.29 Å². The third kappa shape index (κ3) is 13.0. The number of aliphatic hydroxyl groups is 1. The molecule has 12 nitrogen and oxygen atoms in total.